The average molecular weight is 616 g/mol. The number of fused-ring (bicyclic) bond motifs is 7. The van der Waals surface area contributed by atoms with Gasteiger partial charge in [0.15, 0.2) is 17.5 Å². The zero-order valence-electron chi connectivity index (χ0n) is 25.6. The molecule has 0 aliphatic carbocycles. The van der Waals surface area contributed by atoms with Crippen molar-refractivity contribution >= 4 is 54.6 Å². The summed E-state index contributed by atoms with van der Waals surface area (Å²) in [5.41, 5.74) is 7.90. The van der Waals surface area contributed by atoms with Crippen molar-refractivity contribution in [3.8, 4) is 45.3 Å². The lowest BCUT2D eigenvalue weighted by molar-refractivity contribution is 0.669. The summed E-state index contributed by atoms with van der Waals surface area (Å²) >= 11 is 0. The van der Waals surface area contributed by atoms with Crippen LogP contribution in [0.3, 0.4) is 0 Å². The van der Waals surface area contributed by atoms with Crippen molar-refractivity contribution in [1.82, 2.24) is 15.0 Å². The Balaban J connectivity index is 1.27. The maximum atomic E-state index is 6.68. The molecule has 0 saturated heterocycles. The van der Waals surface area contributed by atoms with E-state index < -0.39 is 0 Å². The summed E-state index contributed by atoms with van der Waals surface area (Å²) in [7, 11) is 0. The monoisotopic (exact) mass is 615 g/mol. The lowest BCUT2D eigenvalue weighted by atomic mass is 9.94. The number of para-hydroxylation sites is 3. The Morgan fingerprint density at radius 2 is 0.896 bits per heavy atom. The molecule has 0 radical (unpaired) electrons. The molecule has 10 rings (SSSR count). The van der Waals surface area contributed by atoms with E-state index in [1.165, 1.54) is 10.8 Å². The SMILES string of the molecule is c1ccc(-c2nc(-c3cccc4c3oc3ccccc34)nc(-c3ccc(-c4cccc5ccccc45)c4oc5ccccc5c34)n2)cc1. The smallest absolute Gasteiger partial charge is 0.167 e. The average Bonchev–Trinajstić information content (AvgIpc) is 3.74. The van der Waals surface area contributed by atoms with Crippen LogP contribution in [0.15, 0.2) is 160 Å². The van der Waals surface area contributed by atoms with Crippen LogP contribution in [0, 0.1) is 0 Å². The van der Waals surface area contributed by atoms with Crippen LogP contribution in [0.25, 0.3) is 99.9 Å². The molecule has 0 saturated carbocycles. The minimum Gasteiger partial charge on any atom is -0.455 e. The molecule has 0 unspecified atom stereocenters. The van der Waals surface area contributed by atoms with Gasteiger partial charge in [-0.25, -0.2) is 15.0 Å². The highest BCUT2D eigenvalue weighted by atomic mass is 16.3. The quantitative estimate of drug-likeness (QED) is 0.197. The molecule has 5 heteroatoms. The van der Waals surface area contributed by atoms with E-state index in [4.69, 9.17) is 23.8 Å². The van der Waals surface area contributed by atoms with Crippen LogP contribution in [-0.4, -0.2) is 15.0 Å². The molecule has 7 aromatic carbocycles. The minimum atomic E-state index is 0.544. The van der Waals surface area contributed by atoms with Crippen LogP contribution >= 0.6 is 0 Å². The van der Waals surface area contributed by atoms with Crippen molar-refractivity contribution in [2.24, 2.45) is 0 Å². The van der Waals surface area contributed by atoms with Gasteiger partial charge >= 0.3 is 0 Å². The third-order valence-corrected chi connectivity index (χ3v) is 9.16. The number of hydrogen-bond acceptors (Lipinski definition) is 5. The van der Waals surface area contributed by atoms with E-state index in [0.717, 1.165) is 71.7 Å². The molecule has 48 heavy (non-hydrogen) atoms. The lowest BCUT2D eigenvalue weighted by Gasteiger charge is -2.12. The second kappa shape index (κ2) is 10.5. The number of hydrogen-bond donors (Lipinski definition) is 0. The van der Waals surface area contributed by atoms with E-state index in [1.807, 2.05) is 78.9 Å². The maximum Gasteiger partial charge on any atom is 0.167 e. The second-order valence-corrected chi connectivity index (χ2v) is 11.9. The summed E-state index contributed by atoms with van der Waals surface area (Å²) in [6, 6.07) is 51.5. The largest absolute Gasteiger partial charge is 0.455 e. The number of benzene rings is 7. The standard InChI is InChI=1S/C43H25N3O2/c1-2-13-27(14-3-1)41-44-42(46-43(45-41)35-21-11-20-31-30-17-6-8-22-36(30)47-39(31)35)34-25-24-32(29-19-10-15-26-12-4-5-16-28(26)29)40-38(34)33-18-7-9-23-37(33)48-40/h1-25H. The zero-order chi connectivity index (χ0) is 31.6. The third kappa shape index (κ3) is 4.08. The Bertz CT molecular complexity index is 2840. The molecule has 3 aromatic heterocycles. The van der Waals surface area contributed by atoms with Crippen molar-refractivity contribution in [3.63, 3.8) is 0 Å². The molecule has 0 fully saturated rings. The fourth-order valence-electron chi connectivity index (χ4n) is 6.94. The van der Waals surface area contributed by atoms with Gasteiger partial charge in [-0.1, -0.05) is 121 Å². The molecule has 5 nitrogen and oxygen atoms in total. The fraction of sp³-hybridized carbons (Fsp3) is 0. The van der Waals surface area contributed by atoms with E-state index in [9.17, 15) is 0 Å². The van der Waals surface area contributed by atoms with Gasteiger partial charge in [0.2, 0.25) is 0 Å². The Morgan fingerprint density at radius 1 is 0.333 bits per heavy atom. The first-order chi connectivity index (χ1) is 23.8. The van der Waals surface area contributed by atoms with Gasteiger partial charge in [-0.3, -0.25) is 0 Å². The molecule has 0 N–H and O–H groups in total. The Kier molecular flexibility index (Phi) is 5.81. The molecule has 224 valence electrons. The lowest BCUT2D eigenvalue weighted by Crippen LogP contribution is -2.00. The van der Waals surface area contributed by atoms with Crippen molar-refractivity contribution in [2.45, 2.75) is 0 Å². The van der Waals surface area contributed by atoms with Gasteiger partial charge in [0.05, 0.1) is 5.56 Å². The Hall–Kier alpha value is -6.59. The molecule has 3 heterocycles. The van der Waals surface area contributed by atoms with Gasteiger partial charge in [0.25, 0.3) is 0 Å². The Labute approximate surface area is 274 Å². The zero-order valence-corrected chi connectivity index (χ0v) is 25.6. The van der Waals surface area contributed by atoms with Crippen LogP contribution in [0.1, 0.15) is 0 Å². The summed E-state index contributed by atoms with van der Waals surface area (Å²) in [4.78, 5) is 15.3. The topological polar surface area (TPSA) is 65.0 Å². The van der Waals surface area contributed by atoms with E-state index >= 15 is 0 Å². The summed E-state index contributed by atoms with van der Waals surface area (Å²) in [5, 5.41) is 6.40. The first kappa shape index (κ1) is 26.6. The summed E-state index contributed by atoms with van der Waals surface area (Å²) < 4.78 is 13.1. The normalized spacial score (nSPS) is 11.8. The van der Waals surface area contributed by atoms with Gasteiger partial charge in [-0.15, -0.1) is 0 Å². The predicted molar refractivity (Wildman–Crippen MR) is 194 cm³/mol. The summed E-state index contributed by atoms with van der Waals surface area (Å²) in [6.45, 7) is 0. The van der Waals surface area contributed by atoms with Crippen molar-refractivity contribution < 1.29 is 8.83 Å². The fourth-order valence-corrected chi connectivity index (χ4v) is 6.94. The molecule has 0 atom stereocenters. The Morgan fingerprint density at radius 3 is 1.75 bits per heavy atom. The van der Waals surface area contributed by atoms with Crippen molar-refractivity contribution in [1.29, 1.82) is 0 Å². The van der Waals surface area contributed by atoms with E-state index in [0.29, 0.717) is 17.5 Å². The second-order valence-electron chi connectivity index (χ2n) is 11.9. The summed E-state index contributed by atoms with van der Waals surface area (Å²) in [5.74, 6) is 1.69. The van der Waals surface area contributed by atoms with E-state index in [-0.39, 0.29) is 0 Å². The van der Waals surface area contributed by atoms with Gasteiger partial charge in [0, 0.05) is 38.2 Å². The van der Waals surface area contributed by atoms with Gasteiger partial charge in [0.1, 0.15) is 22.3 Å². The number of rotatable bonds is 4. The molecule has 0 bridgehead atoms. The molecule has 0 spiro atoms. The summed E-state index contributed by atoms with van der Waals surface area (Å²) in [6.07, 6.45) is 0. The van der Waals surface area contributed by atoms with Gasteiger partial charge in [-0.05, 0) is 46.7 Å². The minimum absolute atomic E-state index is 0.544. The van der Waals surface area contributed by atoms with Crippen molar-refractivity contribution in [2.75, 3.05) is 0 Å². The molecule has 0 amide bonds. The highest BCUT2D eigenvalue weighted by Gasteiger charge is 2.22. The van der Waals surface area contributed by atoms with Crippen LogP contribution in [-0.2, 0) is 0 Å². The van der Waals surface area contributed by atoms with E-state index in [2.05, 4.69) is 72.8 Å². The first-order valence-electron chi connectivity index (χ1n) is 15.9. The number of furan rings is 2. The van der Waals surface area contributed by atoms with Crippen molar-refractivity contribution in [3.05, 3.63) is 152 Å². The van der Waals surface area contributed by atoms with E-state index in [1.54, 1.807) is 0 Å². The highest BCUT2D eigenvalue weighted by molar-refractivity contribution is 6.17. The molecule has 10 aromatic rings. The molecular formula is C43H25N3O2. The number of aromatic nitrogens is 3. The first-order valence-corrected chi connectivity index (χ1v) is 15.9. The predicted octanol–water partition coefficient (Wildman–Crippen LogP) is 11.5. The van der Waals surface area contributed by atoms with Crippen LogP contribution < -0.4 is 0 Å². The van der Waals surface area contributed by atoms with Crippen LogP contribution in [0.4, 0.5) is 0 Å². The van der Waals surface area contributed by atoms with Crippen LogP contribution in [0.5, 0.6) is 0 Å². The molecule has 0 aliphatic rings. The number of nitrogens with zero attached hydrogens (tertiary/aromatic N) is 3. The van der Waals surface area contributed by atoms with Crippen LogP contribution in [0.2, 0.25) is 0 Å². The highest BCUT2D eigenvalue weighted by Crippen LogP contribution is 2.43. The van der Waals surface area contributed by atoms with Gasteiger partial charge < -0.3 is 8.83 Å². The maximum absolute atomic E-state index is 6.68. The molecular weight excluding hydrogens is 590 g/mol. The third-order valence-electron chi connectivity index (χ3n) is 9.16. The van der Waals surface area contributed by atoms with Gasteiger partial charge in [-0.2, -0.15) is 0 Å². The molecule has 0 aliphatic heterocycles.